The first-order chi connectivity index (χ1) is 11.8. The highest BCUT2D eigenvalue weighted by Crippen LogP contribution is 2.26. The molecule has 6 heteroatoms. The Morgan fingerprint density at radius 1 is 0.960 bits per heavy atom. The lowest BCUT2D eigenvalue weighted by Crippen LogP contribution is -2.26. The first-order valence-electron chi connectivity index (χ1n) is 7.98. The predicted molar refractivity (Wildman–Crippen MR) is 99.8 cm³/mol. The summed E-state index contributed by atoms with van der Waals surface area (Å²) in [4.78, 5) is 0.276. The monoisotopic (exact) mass is 355 g/mol. The Bertz CT molecular complexity index is 1010. The van der Waals surface area contributed by atoms with Gasteiger partial charge in [-0.1, -0.05) is 23.8 Å². The second-order valence-electron chi connectivity index (χ2n) is 6.16. The fourth-order valence-electron chi connectivity index (χ4n) is 2.60. The summed E-state index contributed by atoms with van der Waals surface area (Å²) in [6, 6.07) is 14.3. The lowest BCUT2D eigenvalue weighted by atomic mass is 10.2. The summed E-state index contributed by atoms with van der Waals surface area (Å²) in [5.74, 6) is 0. The van der Waals surface area contributed by atoms with E-state index in [0.717, 1.165) is 22.5 Å². The Morgan fingerprint density at radius 2 is 1.64 bits per heavy atom. The van der Waals surface area contributed by atoms with Crippen LogP contribution < -0.4 is 4.31 Å². The first kappa shape index (κ1) is 17.2. The van der Waals surface area contributed by atoms with Gasteiger partial charge in [-0.2, -0.15) is 5.10 Å². The van der Waals surface area contributed by atoms with Gasteiger partial charge in [0.2, 0.25) is 0 Å². The maximum atomic E-state index is 12.9. The van der Waals surface area contributed by atoms with Gasteiger partial charge in [-0.05, 0) is 56.7 Å². The number of benzene rings is 2. The second kappa shape index (κ2) is 6.37. The number of rotatable bonds is 4. The van der Waals surface area contributed by atoms with Gasteiger partial charge in [-0.3, -0.25) is 4.31 Å². The van der Waals surface area contributed by atoms with Gasteiger partial charge in [-0.25, -0.2) is 13.1 Å². The molecule has 0 radical (unpaired) electrons. The third-order valence-electron chi connectivity index (χ3n) is 4.20. The van der Waals surface area contributed by atoms with E-state index >= 15 is 0 Å². The van der Waals surface area contributed by atoms with E-state index < -0.39 is 10.0 Å². The van der Waals surface area contributed by atoms with E-state index in [0.29, 0.717) is 5.69 Å². The minimum atomic E-state index is -3.61. The van der Waals surface area contributed by atoms with Gasteiger partial charge in [0.15, 0.2) is 0 Å². The van der Waals surface area contributed by atoms with Crippen molar-refractivity contribution in [2.75, 3.05) is 11.4 Å². The molecule has 0 fully saturated rings. The summed E-state index contributed by atoms with van der Waals surface area (Å²) in [5.41, 5.74) is 4.40. The summed E-state index contributed by atoms with van der Waals surface area (Å²) in [7, 11) is -2.04. The molecule has 1 heterocycles. The van der Waals surface area contributed by atoms with Crippen LogP contribution in [0.5, 0.6) is 0 Å². The van der Waals surface area contributed by atoms with E-state index in [4.69, 9.17) is 0 Å². The van der Waals surface area contributed by atoms with Crippen LogP contribution in [0, 0.1) is 20.8 Å². The Kier molecular flexibility index (Phi) is 4.39. The van der Waals surface area contributed by atoms with Gasteiger partial charge in [0.25, 0.3) is 10.0 Å². The molecular weight excluding hydrogens is 334 g/mol. The fraction of sp³-hybridized carbons (Fsp3) is 0.211. The Morgan fingerprint density at radius 3 is 2.24 bits per heavy atom. The quantitative estimate of drug-likeness (QED) is 0.718. The zero-order valence-electron chi connectivity index (χ0n) is 14.8. The van der Waals surface area contributed by atoms with Crippen molar-refractivity contribution in [2.24, 2.45) is 0 Å². The summed E-state index contributed by atoms with van der Waals surface area (Å²) in [5, 5.41) is 4.42. The summed E-state index contributed by atoms with van der Waals surface area (Å²) in [6.45, 7) is 5.83. The number of sulfonamides is 1. The largest absolute Gasteiger partial charge is 0.269 e. The number of aromatic nitrogens is 2. The van der Waals surface area contributed by atoms with E-state index in [1.165, 1.54) is 4.31 Å². The summed E-state index contributed by atoms with van der Waals surface area (Å²) < 4.78 is 28.8. The third kappa shape index (κ3) is 3.30. The SMILES string of the molecule is Cc1ccc(S(=O)(=O)N(C)c2ccc(C)c(-n3ccc(C)n3)c2)cc1. The van der Waals surface area contributed by atoms with Crippen LogP contribution in [0.4, 0.5) is 5.69 Å². The Labute approximate surface area is 148 Å². The summed E-state index contributed by atoms with van der Waals surface area (Å²) in [6.07, 6.45) is 1.87. The van der Waals surface area contributed by atoms with Gasteiger partial charge in [0, 0.05) is 13.2 Å². The van der Waals surface area contributed by atoms with Crippen LogP contribution in [0.2, 0.25) is 0 Å². The lowest BCUT2D eigenvalue weighted by molar-refractivity contribution is 0.594. The molecule has 3 rings (SSSR count). The van der Waals surface area contributed by atoms with Crippen molar-refractivity contribution in [1.29, 1.82) is 0 Å². The van der Waals surface area contributed by atoms with Gasteiger partial charge < -0.3 is 0 Å². The van der Waals surface area contributed by atoms with Crippen LogP contribution in [0.15, 0.2) is 59.6 Å². The van der Waals surface area contributed by atoms with Crippen LogP contribution in [-0.4, -0.2) is 25.2 Å². The van der Waals surface area contributed by atoms with E-state index in [1.54, 1.807) is 42.1 Å². The predicted octanol–water partition coefficient (Wildman–Crippen LogP) is 3.62. The molecule has 0 amide bonds. The van der Waals surface area contributed by atoms with Crippen LogP contribution in [0.25, 0.3) is 5.69 Å². The van der Waals surface area contributed by atoms with E-state index in [2.05, 4.69) is 5.10 Å². The van der Waals surface area contributed by atoms with Gasteiger partial charge >= 0.3 is 0 Å². The smallest absolute Gasteiger partial charge is 0.264 e. The van der Waals surface area contributed by atoms with Crippen LogP contribution in [0.3, 0.4) is 0 Å². The average molecular weight is 355 g/mol. The molecule has 0 spiro atoms. The molecule has 0 aliphatic heterocycles. The molecule has 0 saturated carbocycles. The molecular formula is C19H21N3O2S. The molecule has 0 N–H and O–H groups in total. The highest BCUT2D eigenvalue weighted by atomic mass is 32.2. The zero-order chi connectivity index (χ0) is 18.2. The van der Waals surface area contributed by atoms with Gasteiger partial charge in [0.1, 0.15) is 0 Å². The van der Waals surface area contributed by atoms with Gasteiger partial charge in [0.05, 0.1) is 22.0 Å². The van der Waals surface area contributed by atoms with Crippen LogP contribution in [-0.2, 0) is 10.0 Å². The molecule has 0 aliphatic carbocycles. The fourth-order valence-corrected chi connectivity index (χ4v) is 3.78. The first-order valence-corrected chi connectivity index (χ1v) is 9.42. The highest BCUT2D eigenvalue weighted by Gasteiger charge is 2.21. The molecule has 0 saturated heterocycles. The second-order valence-corrected chi connectivity index (χ2v) is 8.13. The van der Waals surface area contributed by atoms with Gasteiger partial charge in [-0.15, -0.1) is 0 Å². The standard InChI is InChI=1S/C19H21N3O2S/c1-14-5-9-18(10-6-14)25(23,24)21(4)17-8-7-15(2)19(13-17)22-12-11-16(3)20-22/h5-13H,1-4H3. The molecule has 0 aliphatic rings. The van der Waals surface area contributed by atoms with E-state index in [9.17, 15) is 8.42 Å². The Balaban J connectivity index is 2.02. The maximum Gasteiger partial charge on any atom is 0.264 e. The van der Waals surface area contributed by atoms with Crippen molar-refractivity contribution in [2.45, 2.75) is 25.7 Å². The maximum absolute atomic E-state index is 12.9. The number of anilines is 1. The summed E-state index contributed by atoms with van der Waals surface area (Å²) >= 11 is 0. The molecule has 130 valence electrons. The molecule has 3 aromatic rings. The number of hydrogen-bond acceptors (Lipinski definition) is 3. The molecule has 25 heavy (non-hydrogen) atoms. The Hall–Kier alpha value is -2.60. The van der Waals surface area contributed by atoms with Crippen molar-refractivity contribution in [1.82, 2.24) is 9.78 Å². The molecule has 0 atom stereocenters. The topological polar surface area (TPSA) is 55.2 Å². The average Bonchev–Trinajstić information content (AvgIpc) is 3.01. The van der Waals surface area contributed by atoms with E-state index in [-0.39, 0.29) is 4.90 Å². The minimum Gasteiger partial charge on any atom is -0.269 e. The van der Waals surface area contributed by atoms with Crippen molar-refractivity contribution in [3.8, 4) is 5.69 Å². The number of nitrogens with zero attached hydrogens (tertiary/aromatic N) is 3. The molecule has 0 bridgehead atoms. The normalized spacial score (nSPS) is 11.5. The van der Waals surface area contributed by atoms with E-state index in [1.807, 2.05) is 45.2 Å². The lowest BCUT2D eigenvalue weighted by Gasteiger charge is -2.21. The van der Waals surface area contributed by atoms with Crippen LogP contribution in [0.1, 0.15) is 16.8 Å². The zero-order valence-corrected chi connectivity index (χ0v) is 15.6. The molecule has 1 aromatic heterocycles. The molecule has 2 aromatic carbocycles. The number of aryl methyl sites for hydroxylation is 3. The van der Waals surface area contributed by atoms with Crippen molar-refractivity contribution < 1.29 is 8.42 Å². The van der Waals surface area contributed by atoms with Crippen molar-refractivity contribution >= 4 is 15.7 Å². The molecule has 5 nitrogen and oxygen atoms in total. The third-order valence-corrected chi connectivity index (χ3v) is 6.00. The highest BCUT2D eigenvalue weighted by molar-refractivity contribution is 7.92. The number of hydrogen-bond donors (Lipinski definition) is 0. The van der Waals surface area contributed by atoms with Crippen molar-refractivity contribution in [3.05, 3.63) is 71.5 Å². The van der Waals surface area contributed by atoms with Crippen molar-refractivity contribution in [3.63, 3.8) is 0 Å². The molecule has 0 unspecified atom stereocenters. The van der Waals surface area contributed by atoms with Crippen LogP contribution >= 0.6 is 0 Å². The minimum absolute atomic E-state index is 0.276.